The maximum atomic E-state index is 11.8. The van der Waals surface area contributed by atoms with Gasteiger partial charge >= 0.3 is 0 Å². The minimum Gasteiger partial charge on any atom is -0.349 e. The highest BCUT2D eigenvalue weighted by Crippen LogP contribution is 2.25. The molecule has 0 radical (unpaired) electrons. The smallest absolute Gasteiger partial charge is 0.271 e. The van der Waals surface area contributed by atoms with E-state index in [1.165, 1.54) is 18.6 Å². The van der Waals surface area contributed by atoms with Crippen LogP contribution in [0.3, 0.4) is 0 Å². The van der Waals surface area contributed by atoms with Crippen molar-refractivity contribution in [2.75, 3.05) is 6.54 Å². The Balaban J connectivity index is 0.00000180. The number of aromatic nitrogens is 2. The topological polar surface area (TPSA) is 101 Å². The molecular formula is C12H19ClN4O2. The van der Waals surface area contributed by atoms with Gasteiger partial charge in [0.25, 0.3) is 11.5 Å². The summed E-state index contributed by atoms with van der Waals surface area (Å²) in [6.07, 6.45) is 5.32. The zero-order chi connectivity index (χ0) is 13.0. The lowest BCUT2D eigenvalue weighted by atomic mass is 9.82. The van der Waals surface area contributed by atoms with Gasteiger partial charge in [-0.05, 0) is 18.9 Å². The highest BCUT2D eigenvalue weighted by Gasteiger charge is 2.27. The summed E-state index contributed by atoms with van der Waals surface area (Å²) in [5.74, 6) is -0.304. The van der Waals surface area contributed by atoms with Crippen molar-refractivity contribution < 1.29 is 4.79 Å². The van der Waals surface area contributed by atoms with E-state index in [0.717, 1.165) is 25.7 Å². The van der Waals surface area contributed by atoms with Crippen LogP contribution in [0.1, 0.15) is 42.6 Å². The molecule has 1 fully saturated rings. The lowest BCUT2D eigenvalue weighted by Gasteiger charge is -2.33. The highest BCUT2D eigenvalue weighted by molar-refractivity contribution is 5.92. The molecule has 1 amide bonds. The summed E-state index contributed by atoms with van der Waals surface area (Å²) < 4.78 is 0. The van der Waals surface area contributed by atoms with Crippen molar-refractivity contribution in [3.8, 4) is 0 Å². The average molecular weight is 287 g/mol. The number of nitrogens with zero attached hydrogens (tertiary/aromatic N) is 1. The first-order valence-corrected chi connectivity index (χ1v) is 6.22. The molecule has 0 spiro atoms. The molecule has 0 aromatic carbocycles. The number of nitrogens with one attached hydrogen (secondary N) is 2. The number of carbonyl (C=O) groups is 1. The fraction of sp³-hybridized carbons (Fsp3) is 0.583. The third-order valence-corrected chi connectivity index (χ3v) is 3.36. The van der Waals surface area contributed by atoms with Crippen LogP contribution in [0.5, 0.6) is 0 Å². The molecule has 106 valence electrons. The maximum Gasteiger partial charge on any atom is 0.271 e. The Kier molecular flexibility index (Phi) is 5.50. The van der Waals surface area contributed by atoms with E-state index in [2.05, 4.69) is 15.5 Å². The van der Waals surface area contributed by atoms with Crippen molar-refractivity contribution >= 4 is 18.3 Å². The fourth-order valence-electron chi connectivity index (χ4n) is 2.25. The van der Waals surface area contributed by atoms with Gasteiger partial charge in [-0.1, -0.05) is 19.3 Å². The molecule has 0 unspecified atom stereocenters. The Labute approximate surface area is 117 Å². The standard InChI is InChI=1S/C12H18N4O2.ClH/c13-12(6-2-1-3-7-12)8-14-11(18)9-4-5-10(17)16-15-9;/h4-5H,1-3,6-8,13H2,(H,14,18)(H,16,17);1H. The molecule has 6 nitrogen and oxygen atoms in total. The van der Waals surface area contributed by atoms with E-state index in [4.69, 9.17) is 5.73 Å². The summed E-state index contributed by atoms with van der Waals surface area (Å²) in [6, 6.07) is 2.68. The van der Waals surface area contributed by atoms with Crippen LogP contribution in [-0.2, 0) is 0 Å². The molecule has 1 aromatic rings. The molecule has 0 atom stereocenters. The van der Waals surface area contributed by atoms with Crippen molar-refractivity contribution in [1.29, 1.82) is 0 Å². The second kappa shape index (κ2) is 6.68. The first-order valence-electron chi connectivity index (χ1n) is 6.22. The molecule has 0 saturated heterocycles. The summed E-state index contributed by atoms with van der Waals surface area (Å²) in [5.41, 5.74) is 5.80. The van der Waals surface area contributed by atoms with E-state index in [1.807, 2.05) is 0 Å². The number of aromatic amines is 1. The number of carbonyl (C=O) groups excluding carboxylic acids is 1. The van der Waals surface area contributed by atoms with Crippen molar-refractivity contribution in [2.45, 2.75) is 37.6 Å². The van der Waals surface area contributed by atoms with Gasteiger partial charge in [0.1, 0.15) is 5.69 Å². The summed E-state index contributed by atoms with van der Waals surface area (Å²) in [5, 5.41) is 8.69. The van der Waals surface area contributed by atoms with Crippen LogP contribution in [0.15, 0.2) is 16.9 Å². The van der Waals surface area contributed by atoms with Crippen LogP contribution in [0.25, 0.3) is 0 Å². The fourth-order valence-corrected chi connectivity index (χ4v) is 2.25. The second-order valence-corrected chi connectivity index (χ2v) is 4.91. The van der Waals surface area contributed by atoms with Gasteiger partial charge in [0, 0.05) is 18.2 Å². The number of nitrogens with two attached hydrogens (primary N) is 1. The van der Waals surface area contributed by atoms with Crippen molar-refractivity contribution in [2.24, 2.45) is 5.73 Å². The number of hydrogen-bond donors (Lipinski definition) is 3. The SMILES string of the molecule is Cl.NC1(CNC(=O)c2ccc(=O)[nH]n2)CCCCC1. The minimum atomic E-state index is -0.325. The van der Waals surface area contributed by atoms with Gasteiger partial charge in [-0.3, -0.25) is 9.59 Å². The van der Waals surface area contributed by atoms with Gasteiger partial charge in [0.15, 0.2) is 0 Å². The lowest BCUT2D eigenvalue weighted by molar-refractivity contribution is 0.0931. The van der Waals surface area contributed by atoms with Gasteiger partial charge < -0.3 is 11.1 Å². The zero-order valence-electron chi connectivity index (χ0n) is 10.6. The number of amides is 1. The first kappa shape index (κ1) is 15.7. The molecule has 1 aliphatic rings. The molecule has 0 aliphatic heterocycles. The van der Waals surface area contributed by atoms with Crippen LogP contribution in [-0.4, -0.2) is 28.2 Å². The predicted molar refractivity (Wildman–Crippen MR) is 74.4 cm³/mol. The van der Waals surface area contributed by atoms with Gasteiger partial charge in [-0.15, -0.1) is 12.4 Å². The normalized spacial score (nSPS) is 17.3. The quantitative estimate of drug-likeness (QED) is 0.757. The number of H-pyrrole nitrogens is 1. The first-order chi connectivity index (χ1) is 8.59. The number of hydrogen-bond acceptors (Lipinski definition) is 4. The van der Waals surface area contributed by atoms with E-state index < -0.39 is 0 Å². The summed E-state index contributed by atoms with van der Waals surface area (Å²) >= 11 is 0. The van der Waals surface area contributed by atoms with E-state index in [-0.39, 0.29) is 35.1 Å². The summed E-state index contributed by atoms with van der Waals surface area (Å²) in [7, 11) is 0. The number of rotatable bonds is 3. The van der Waals surface area contributed by atoms with Gasteiger partial charge in [0.05, 0.1) is 0 Å². The summed E-state index contributed by atoms with van der Waals surface area (Å²) in [6.45, 7) is 0.451. The van der Waals surface area contributed by atoms with Crippen molar-refractivity contribution in [3.05, 3.63) is 28.2 Å². The van der Waals surface area contributed by atoms with Crippen molar-refractivity contribution in [3.63, 3.8) is 0 Å². The van der Waals surface area contributed by atoms with Crippen LogP contribution >= 0.6 is 12.4 Å². The van der Waals surface area contributed by atoms with Crippen molar-refractivity contribution in [1.82, 2.24) is 15.5 Å². The second-order valence-electron chi connectivity index (χ2n) is 4.91. The predicted octanol–water partition coefficient (Wildman–Crippen LogP) is 0.583. The van der Waals surface area contributed by atoms with E-state index in [9.17, 15) is 9.59 Å². The number of halogens is 1. The van der Waals surface area contributed by atoms with E-state index >= 15 is 0 Å². The van der Waals surface area contributed by atoms with Crippen LogP contribution in [0.4, 0.5) is 0 Å². The molecule has 1 saturated carbocycles. The van der Waals surface area contributed by atoms with Gasteiger partial charge in [-0.25, -0.2) is 5.10 Å². The molecule has 19 heavy (non-hydrogen) atoms. The van der Waals surface area contributed by atoms with Crippen LogP contribution in [0.2, 0.25) is 0 Å². The van der Waals surface area contributed by atoms with Gasteiger partial charge in [0.2, 0.25) is 0 Å². The molecule has 4 N–H and O–H groups in total. The molecule has 0 bridgehead atoms. The Bertz CT molecular complexity index is 462. The van der Waals surface area contributed by atoms with Crippen LogP contribution < -0.4 is 16.6 Å². The Morgan fingerprint density at radius 2 is 2.05 bits per heavy atom. The summed E-state index contributed by atoms with van der Waals surface area (Å²) in [4.78, 5) is 22.6. The average Bonchev–Trinajstić information content (AvgIpc) is 2.38. The van der Waals surface area contributed by atoms with Crippen LogP contribution in [0, 0.1) is 0 Å². The third kappa shape index (κ3) is 4.33. The minimum absolute atomic E-state index is 0. The Morgan fingerprint density at radius 3 is 2.63 bits per heavy atom. The largest absolute Gasteiger partial charge is 0.349 e. The molecule has 1 heterocycles. The molecular weight excluding hydrogens is 268 g/mol. The maximum absolute atomic E-state index is 11.8. The lowest BCUT2D eigenvalue weighted by Crippen LogP contribution is -2.51. The Morgan fingerprint density at radius 1 is 1.37 bits per heavy atom. The third-order valence-electron chi connectivity index (χ3n) is 3.36. The molecule has 1 aliphatic carbocycles. The molecule has 2 rings (SSSR count). The molecule has 1 aromatic heterocycles. The zero-order valence-corrected chi connectivity index (χ0v) is 11.5. The molecule has 7 heteroatoms. The van der Waals surface area contributed by atoms with E-state index in [1.54, 1.807) is 0 Å². The highest BCUT2D eigenvalue weighted by atomic mass is 35.5. The van der Waals surface area contributed by atoms with Gasteiger partial charge in [-0.2, -0.15) is 5.10 Å². The van der Waals surface area contributed by atoms with E-state index in [0.29, 0.717) is 6.54 Å². The monoisotopic (exact) mass is 286 g/mol. The Hall–Kier alpha value is -1.40.